The number of methoxy groups -OCH3 is 1. The molecule has 1 aromatic heterocycles. The molecule has 2 aromatic carbocycles. The number of fused-ring (bicyclic) bond motifs is 1. The number of hydrogen-bond acceptors (Lipinski definition) is 9. The molecular formula is C29H30N4O6S. The summed E-state index contributed by atoms with van der Waals surface area (Å²) in [7, 11) is 1.55. The summed E-state index contributed by atoms with van der Waals surface area (Å²) in [6.07, 6.45) is 4.92. The average Bonchev–Trinajstić information content (AvgIpc) is 3.26. The van der Waals surface area contributed by atoms with E-state index < -0.39 is 16.9 Å². The van der Waals surface area contributed by atoms with Gasteiger partial charge in [-0.3, -0.25) is 19.5 Å². The Balaban J connectivity index is 1.72. The lowest BCUT2D eigenvalue weighted by molar-refractivity contribution is -0.384. The molecule has 3 heterocycles. The van der Waals surface area contributed by atoms with Crippen molar-refractivity contribution in [1.82, 2.24) is 4.57 Å². The van der Waals surface area contributed by atoms with Crippen LogP contribution in [0.1, 0.15) is 50.3 Å². The third-order valence-electron chi connectivity index (χ3n) is 7.13. The van der Waals surface area contributed by atoms with E-state index in [0.29, 0.717) is 31.9 Å². The van der Waals surface area contributed by atoms with E-state index in [4.69, 9.17) is 9.47 Å². The van der Waals surface area contributed by atoms with Crippen LogP contribution in [0.5, 0.6) is 5.75 Å². The number of allylic oxidation sites excluding steroid dienone is 1. The van der Waals surface area contributed by atoms with Gasteiger partial charge in [0.05, 0.1) is 40.5 Å². The van der Waals surface area contributed by atoms with Crippen LogP contribution in [0.15, 0.2) is 63.5 Å². The molecular weight excluding hydrogens is 532 g/mol. The predicted octanol–water partition coefficient (Wildman–Crippen LogP) is 3.71. The van der Waals surface area contributed by atoms with Crippen LogP contribution in [0.2, 0.25) is 0 Å². The second-order valence-electron chi connectivity index (χ2n) is 9.63. The van der Waals surface area contributed by atoms with E-state index >= 15 is 0 Å². The molecule has 11 heteroatoms. The van der Waals surface area contributed by atoms with Crippen LogP contribution in [0.3, 0.4) is 0 Å². The number of aromatic nitrogens is 1. The molecule has 3 aromatic rings. The van der Waals surface area contributed by atoms with Gasteiger partial charge in [0.1, 0.15) is 5.75 Å². The van der Waals surface area contributed by atoms with E-state index in [1.807, 2.05) is 6.07 Å². The topological polar surface area (TPSA) is 116 Å². The van der Waals surface area contributed by atoms with Crippen molar-refractivity contribution in [1.29, 1.82) is 0 Å². The molecule has 10 nitrogen and oxygen atoms in total. The molecule has 5 rings (SSSR count). The summed E-state index contributed by atoms with van der Waals surface area (Å²) in [6.45, 7) is 5.32. The Labute approximate surface area is 234 Å². The summed E-state index contributed by atoms with van der Waals surface area (Å²) in [5, 5.41) is 11.6. The summed E-state index contributed by atoms with van der Waals surface area (Å²) in [4.78, 5) is 45.6. The van der Waals surface area contributed by atoms with E-state index in [9.17, 15) is 19.7 Å². The lowest BCUT2D eigenvalue weighted by Crippen LogP contribution is -2.40. The molecule has 0 aliphatic carbocycles. The van der Waals surface area contributed by atoms with Crippen molar-refractivity contribution in [2.75, 3.05) is 31.7 Å². The minimum atomic E-state index is -0.778. The van der Waals surface area contributed by atoms with Crippen molar-refractivity contribution in [3.05, 3.63) is 94.7 Å². The first-order valence-corrected chi connectivity index (χ1v) is 14.0. The van der Waals surface area contributed by atoms with Crippen LogP contribution in [-0.4, -0.2) is 42.3 Å². The van der Waals surface area contributed by atoms with Gasteiger partial charge in [-0.1, -0.05) is 23.5 Å². The lowest BCUT2D eigenvalue weighted by Gasteiger charge is -2.30. The third-order valence-corrected chi connectivity index (χ3v) is 8.11. The minimum absolute atomic E-state index is 0.0468. The van der Waals surface area contributed by atoms with Crippen molar-refractivity contribution in [2.45, 2.75) is 39.2 Å². The largest absolute Gasteiger partial charge is 0.497 e. The van der Waals surface area contributed by atoms with Gasteiger partial charge in [0.15, 0.2) is 4.80 Å². The molecule has 1 fully saturated rings. The first kappa shape index (κ1) is 27.3. The number of nitro benzene ring substituents is 1. The Morgan fingerprint density at radius 2 is 1.98 bits per heavy atom. The van der Waals surface area contributed by atoms with E-state index in [1.54, 1.807) is 51.3 Å². The fourth-order valence-corrected chi connectivity index (χ4v) is 6.29. The quantitative estimate of drug-likeness (QED) is 0.245. The van der Waals surface area contributed by atoms with Crippen LogP contribution in [0, 0.1) is 10.1 Å². The maximum atomic E-state index is 14.0. The number of ether oxygens (including phenoxy) is 2. The highest BCUT2D eigenvalue weighted by molar-refractivity contribution is 7.07. The second-order valence-corrected chi connectivity index (χ2v) is 10.6. The molecule has 0 spiro atoms. The van der Waals surface area contributed by atoms with Crippen LogP contribution in [0.25, 0.3) is 6.08 Å². The number of hydrogen-bond donors (Lipinski definition) is 0. The van der Waals surface area contributed by atoms with Crippen LogP contribution >= 0.6 is 11.3 Å². The number of thiazole rings is 1. The highest BCUT2D eigenvalue weighted by atomic mass is 32.1. The predicted molar refractivity (Wildman–Crippen MR) is 153 cm³/mol. The van der Waals surface area contributed by atoms with E-state index in [1.165, 1.54) is 28.0 Å². The molecule has 40 heavy (non-hydrogen) atoms. The van der Waals surface area contributed by atoms with Gasteiger partial charge in [0.2, 0.25) is 0 Å². The Morgan fingerprint density at radius 3 is 2.67 bits per heavy atom. The number of carbonyl (C=O) groups is 1. The molecule has 0 radical (unpaired) electrons. The zero-order valence-electron chi connectivity index (χ0n) is 22.6. The zero-order valence-corrected chi connectivity index (χ0v) is 23.4. The van der Waals surface area contributed by atoms with Gasteiger partial charge in [-0.15, -0.1) is 0 Å². The number of esters is 1. The van der Waals surface area contributed by atoms with Crippen molar-refractivity contribution < 1.29 is 19.2 Å². The standard InChI is InChI=1S/C29H30N4O6S/c1-4-39-28(35)25-18(2)30-29-32(26(25)19-9-8-10-22(16-19)38-3)27(34)24(40-29)17-20-15-21(33(36)37)11-12-23(20)31-13-6-5-7-14-31/h8-12,15-17,26H,4-7,13-14H2,1-3H3/t26-/m1/s1. The second kappa shape index (κ2) is 11.5. The first-order valence-electron chi connectivity index (χ1n) is 13.2. The van der Waals surface area contributed by atoms with E-state index in [0.717, 1.165) is 38.0 Å². The number of benzene rings is 2. The molecule has 2 aliphatic rings. The summed E-state index contributed by atoms with van der Waals surface area (Å²) < 4.78 is 12.6. The lowest BCUT2D eigenvalue weighted by atomic mass is 9.95. The van der Waals surface area contributed by atoms with Crippen molar-refractivity contribution in [3.8, 4) is 5.75 Å². The highest BCUT2D eigenvalue weighted by Crippen LogP contribution is 2.33. The maximum absolute atomic E-state index is 14.0. The van der Waals surface area contributed by atoms with Crippen LogP contribution in [-0.2, 0) is 9.53 Å². The number of non-ortho nitro benzene ring substituents is 1. The Hall–Kier alpha value is -4.25. The number of piperidine rings is 1. The summed E-state index contributed by atoms with van der Waals surface area (Å²) in [5.41, 5.74) is 2.47. The molecule has 0 unspecified atom stereocenters. The Bertz CT molecular complexity index is 1680. The fraction of sp³-hybridized carbons (Fsp3) is 0.345. The van der Waals surface area contributed by atoms with Crippen molar-refractivity contribution in [3.63, 3.8) is 0 Å². The third kappa shape index (κ3) is 5.16. The number of rotatable bonds is 7. The summed E-state index contributed by atoms with van der Waals surface area (Å²) in [6, 6.07) is 11.2. The molecule has 0 bridgehead atoms. The van der Waals surface area contributed by atoms with Crippen LogP contribution < -0.4 is 24.5 Å². The van der Waals surface area contributed by atoms with Gasteiger partial charge < -0.3 is 14.4 Å². The summed E-state index contributed by atoms with van der Waals surface area (Å²) >= 11 is 1.19. The Morgan fingerprint density at radius 1 is 1.20 bits per heavy atom. The van der Waals surface area contributed by atoms with Gasteiger partial charge in [-0.05, 0) is 62.9 Å². The molecule has 2 aliphatic heterocycles. The van der Waals surface area contributed by atoms with Crippen LogP contribution in [0.4, 0.5) is 11.4 Å². The molecule has 208 valence electrons. The maximum Gasteiger partial charge on any atom is 0.338 e. The SMILES string of the molecule is CCOC(=O)C1=C(C)N=c2sc(=Cc3cc([N+](=O)[O-])ccc3N3CCCCC3)c(=O)n2[C@@H]1c1cccc(OC)c1. The van der Waals surface area contributed by atoms with Gasteiger partial charge >= 0.3 is 5.97 Å². The first-order chi connectivity index (χ1) is 19.3. The van der Waals surface area contributed by atoms with Gasteiger partial charge in [-0.25, -0.2) is 9.79 Å². The van der Waals surface area contributed by atoms with Crippen molar-refractivity contribution >= 4 is 34.8 Å². The molecule has 0 saturated carbocycles. The van der Waals surface area contributed by atoms with Crippen molar-refractivity contribution in [2.24, 2.45) is 4.99 Å². The smallest absolute Gasteiger partial charge is 0.338 e. The average molecular weight is 563 g/mol. The van der Waals surface area contributed by atoms with Gasteiger partial charge in [0.25, 0.3) is 11.2 Å². The fourth-order valence-electron chi connectivity index (χ4n) is 5.25. The van der Waals surface area contributed by atoms with Gasteiger partial charge in [-0.2, -0.15) is 0 Å². The van der Waals surface area contributed by atoms with E-state index in [2.05, 4.69) is 9.89 Å². The number of nitrogens with zero attached hydrogens (tertiary/aromatic N) is 4. The minimum Gasteiger partial charge on any atom is -0.497 e. The number of carbonyl (C=O) groups excluding carboxylic acids is 1. The normalized spacial score (nSPS) is 17.3. The Kier molecular flexibility index (Phi) is 7.83. The highest BCUT2D eigenvalue weighted by Gasteiger charge is 2.33. The van der Waals surface area contributed by atoms with Gasteiger partial charge in [0, 0.05) is 36.5 Å². The summed E-state index contributed by atoms with van der Waals surface area (Å²) in [5.74, 6) is 0.0391. The molecule has 0 amide bonds. The monoisotopic (exact) mass is 562 g/mol. The van der Waals surface area contributed by atoms with E-state index in [-0.39, 0.29) is 23.4 Å². The molecule has 1 atom stereocenters. The molecule has 1 saturated heterocycles. The number of anilines is 1. The number of nitro groups is 1. The zero-order chi connectivity index (χ0) is 28.4. The molecule has 0 N–H and O–H groups in total.